The van der Waals surface area contributed by atoms with E-state index in [2.05, 4.69) is 49.7 Å². The van der Waals surface area contributed by atoms with Gasteiger partial charge in [-0.2, -0.15) is 0 Å². The molecule has 0 aromatic carbocycles. The average molecular weight is 336 g/mol. The Bertz CT molecular complexity index is 165. The smallest absolute Gasteiger partial charge is 0.511 e. The minimum atomic E-state index is 0. The van der Waals surface area contributed by atoms with Crippen LogP contribution in [-0.4, -0.2) is 21.0 Å². The summed E-state index contributed by atoms with van der Waals surface area (Å²) >= 11 is 17.9. The van der Waals surface area contributed by atoms with E-state index in [4.69, 9.17) is 9.47 Å². The van der Waals surface area contributed by atoms with Crippen molar-refractivity contribution >= 4 is 58.5 Å². The molecule has 0 saturated heterocycles. The first-order chi connectivity index (χ1) is 6.25. The second kappa shape index (κ2) is 12.9. The summed E-state index contributed by atoms with van der Waals surface area (Å²) in [6.07, 6.45) is 0.259. The van der Waals surface area contributed by atoms with Crippen LogP contribution in [0.15, 0.2) is 0 Å². The van der Waals surface area contributed by atoms with Gasteiger partial charge in [0.15, 0.2) is 0 Å². The van der Waals surface area contributed by atoms with Gasteiger partial charge in [0.1, 0.15) is 0 Å². The van der Waals surface area contributed by atoms with Gasteiger partial charge in [0.2, 0.25) is 0 Å². The predicted molar refractivity (Wildman–Crippen MR) is 72.4 cm³/mol. The van der Waals surface area contributed by atoms with Crippen LogP contribution in [0.4, 0.5) is 0 Å². The van der Waals surface area contributed by atoms with E-state index in [9.17, 15) is 0 Å². The van der Waals surface area contributed by atoms with Crippen LogP contribution in [0, 0.1) is 0 Å². The molecule has 0 N–H and O–H groups in total. The van der Waals surface area contributed by atoms with E-state index >= 15 is 0 Å². The van der Waals surface area contributed by atoms with E-state index in [0.29, 0.717) is 0 Å². The van der Waals surface area contributed by atoms with Gasteiger partial charge in [-0.15, -0.1) is 0 Å². The molecule has 0 bridgehead atoms. The molecule has 0 unspecified atom stereocenters. The number of thiocarbonyl (C=S) groups is 2. The molecule has 2 nitrogen and oxygen atoms in total. The summed E-state index contributed by atoms with van der Waals surface area (Å²) in [6, 6.07) is 0. The van der Waals surface area contributed by atoms with Crippen molar-refractivity contribution in [3.05, 3.63) is 0 Å². The monoisotopic (exact) mass is 334 g/mol. The van der Waals surface area contributed by atoms with E-state index < -0.39 is 0 Å². The minimum absolute atomic E-state index is 0. The third-order valence-electron chi connectivity index (χ3n) is 0.664. The molecule has 0 rings (SSSR count). The van der Waals surface area contributed by atoms with Crippen molar-refractivity contribution in [1.82, 2.24) is 0 Å². The average Bonchev–Trinajstić information content (AvgIpc) is 1.79. The van der Waals surface area contributed by atoms with E-state index in [1.165, 1.54) is 0 Å². The largest absolute Gasteiger partial charge is 2.00 e. The summed E-state index contributed by atoms with van der Waals surface area (Å²) in [4.78, 5) is 0. The maximum atomic E-state index is 4.80. The summed E-state index contributed by atoms with van der Waals surface area (Å²) in [7, 11) is 0. The van der Waals surface area contributed by atoms with Crippen LogP contribution in [0.1, 0.15) is 27.7 Å². The second-order valence-electron chi connectivity index (χ2n) is 2.83. The third kappa shape index (κ3) is 31.3. The topological polar surface area (TPSA) is 18.5 Å². The maximum Gasteiger partial charge on any atom is 2.00 e. The number of hydrogen-bond acceptors (Lipinski definition) is 6. The molecule has 0 spiro atoms. The van der Waals surface area contributed by atoms with Crippen LogP contribution in [0.25, 0.3) is 0 Å². The summed E-state index contributed by atoms with van der Waals surface area (Å²) in [5.41, 5.74) is 0. The molecule has 0 aliphatic heterocycles. The fraction of sp³-hybridized carbons (Fsp3) is 0.750. The van der Waals surface area contributed by atoms with Crippen molar-refractivity contribution in [2.45, 2.75) is 39.9 Å². The van der Waals surface area contributed by atoms with Gasteiger partial charge >= 0.3 is 19.5 Å². The Kier molecular flexibility index (Phi) is 18.2. The normalized spacial score (nSPS) is 8.40. The summed E-state index contributed by atoms with van der Waals surface area (Å²) < 4.78 is 10.0. The Balaban J connectivity index is -0.000000180. The van der Waals surface area contributed by atoms with Crippen molar-refractivity contribution in [2.24, 2.45) is 0 Å². The van der Waals surface area contributed by atoms with Gasteiger partial charge in [0.25, 0.3) is 0 Å². The number of rotatable bonds is 2. The minimum Gasteiger partial charge on any atom is -0.511 e. The Morgan fingerprint density at radius 3 is 1.07 bits per heavy atom. The van der Waals surface area contributed by atoms with Crippen LogP contribution >= 0.6 is 24.4 Å². The van der Waals surface area contributed by atoms with Gasteiger partial charge < -0.3 is 59.2 Å². The molecule has 0 atom stereocenters. The fourth-order valence-electron chi connectivity index (χ4n) is 0.385. The van der Waals surface area contributed by atoms with Crippen molar-refractivity contribution in [3.8, 4) is 0 Å². The van der Waals surface area contributed by atoms with E-state index in [1.54, 1.807) is 0 Å². The van der Waals surface area contributed by atoms with Gasteiger partial charge in [0, 0.05) is 8.77 Å². The van der Waals surface area contributed by atoms with E-state index in [1.807, 2.05) is 27.7 Å². The maximum absolute atomic E-state index is 4.80. The Morgan fingerprint density at radius 1 is 0.867 bits per heavy atom. The van der Waals surface area contributed by atoms with Gasteiger partial charge in [-0.3, -0.25) is 0 Å². The molecular formula is C8H14O2S4Zn. The zero-order chi connectivity index (χ0) is 11.7. The number of ether oxygens (including phenoxy) is 2. The zero-order valence-corrected chi connectivity index (χ0v) is 15.5. The van der Waals surface area contributed by atoms with Crippen LogP contribution in [0.2, 0.25) is 0 Å². The fourth-order valence-corrected chi connectivity index (χ4v) is 1.15. The van der Waals surface area contributed by atoms with Crippen molar-refractivity contribution in [1.29, 1.82) is 0 Å². The van der Waals surface area contributed by atoms with Gasteiger partial charge in [-0.05, 0) is 27.7 Å². The molecule has 0 aromatic heterocycles. The van der Waals surface area contributed by atoms with Crippen LogP contribution < -0.4 is 0 Å². The first kappa shape index (κ1) is 21.2. The SMILES string of the molecule is CC(C)OC(=S)[S-].CC(C)OC(=S)[S-].[Zn+2]. The third-order valence-corrected chi connectivity index (χ3v) is 1.05. The molecule has 0 fully saturated rings. The van der Waals surface area contributed by atoms with Crippen LogP contribution in [-0.2, 0) is 54.2 Å². The molecule has 0 aliphatic rings. The first-order valence-electron chi connectivity index (χ1n) is 4.01. The Morgan fingerprint density at radius 2 is 1.07 bits per heavy atom. The molecule has 84 valence electrons. The number of hydrogen-bond donors (Lipinski definition) is 0. The quantitative estimate of drug-likeness (QED) is 0.435. The summed E-state index contributed by atoms with van der Waals surface area (Å²) in [5, 5.41) is 0. The first-order valence-corrected chi connectivity index (χ1v) is 5.64. The molecule has 0 aliphatic carbocycles. The van der Waals surface area contributed by atoms with E-state index in [-0.39, 0.29) is 40.5 Å². The standard InChI is InChI=1S/2C4H8OS2.Zn/c2*1-3(2)5-4(6)7;/h2*3H,1-2H3,(H,6,7);/q;;+2/p-2. The van der Waals surface area contributed by atoms with Crippen LogP contribution in [0.5, 0.6) is 0 Å². The molecule has 0 saturated carbocycles. The van der Waals surface area contributed by atoms with Crippen LogP contribution in [0.3, 0.4) is 0 Å². The Hall–Kier alpha value is 0.843. The molecule has 0 heterocycles. The molecular weight excluding hydrogens is 322 g/mol. The van der Waals surface area contributed by atoms with E-state index in [0.717, 1.165) is 0 Å². The van der Waals surface area contributed by atoms with Gasteiger partial charge in [-0.1, -0.05) is 0 Å². The Labute approximate surface area is 126 Å². The second-order valence-corrected chi connectivity index (χ2v) is 4.83. The van der Waals surface area contributed by atoms with Gasteiger partial charge in [0.05, 0.1) is 12.2 Å². The predicted octanol–water partition coefficient (Wildman–Crippen LogP) is 2.48. The van der Waals surface area contributed by atoms with Crippen molar-refractivity contribution in [3.63, 3.8) is 0 Å². The summed E-state index contributed by atoms with van der Waals surface area (Å²) in [6.45, 7) is 7.55. The molecule has 0 radical (unpaired) electrons. The molecule has 7 heteroatoms. The molecule has 0 aromatic rings. The zero-order valence-electron chi connectivity index (χ0n) is 9.31. The summed E-state index contributed by atoms with van der Waals surface area (Å²) in [5.74, 6) is 0. The van der Waals surface area contributed by atoms with Crippen molar-refractivity contribution in [2.75, 3.05) is 0 Å². The molecule has 0 amide bonds. The van der Waals surface area contributed by atoms with Gasteiger partial charge in [-0.25, -0.2) is 0 Å². The van der Waals surface area contributed by atoms with Crippen molar-refractivity contribution < 1.29 is 29.0 Å². The molecule has 15 heavy (non-hydrogen) atoms.